The van der Waals surface area contributed by atoms with Crippen molar-refractivity contribution in [1.82, 2.24) is 4.90 Å². The van der Waals surface area contributed by atoms with Gasteiger partial charge in [-0.1, -0.05) is 0 Å². The molecule has 0 bridgehead atoms. The first kappa shape index (κ1) is 16.8. The van der Waals surface area contributed by atoms with Gasteiger partial charge in [-0.15, -0.1) is 0 Å². The maximum absolute atomic E-state index is 9.89. The standard InChI is InChI=1S/C6H14O2.C5H11NO/c1-4-7-6(3)8-5-2;1-3-6(4-2)5-7/h6H,4-5H2,1-3H3;5H,3-4H2,1-2H3. The number of ether oxygens (including phenoxy) is 2. The van der Waals surface area contributed by atoms with E-state index in [0.717, 1.165) is 32.7 Å². The molecule has 4 heteroatoms. The van der Waals surface area contributed by atoms with Crippen molar-refractivity contribution in [1.29, 1.82) is 0 Å². The third-order valence-electron chi connectivity index (χ3n) is 1.76. The Hall–Kier alpha value is -0.610. The van der Waals surface area contributed by atoms with E-state index in [9.17, 15) is 4.79 Å². The molecule has 0 fully saturated rings. The molecule has 0 saturated heterocycles. The van der Waals surface area contributed by atoms with Gasteiger partial charge in [0.2, 0.25) is 6.41 Å². The van der Waals surface area contributed by atoms with Crippen LogP contribution in [0.15, 0.2) is 0 Å². The van der Waals surface area contributed by atoms with E-state index in [2.05, 4.69) is 0 Å². The van der Waals surface area contributed by atoms with E-state index in [1.165, 1.54) is 0 Å². The van der Waals surface area contributed by atoms with Crippen LogP contribution in [0.3, 0.4) is 0 Å². The topological polar surface area (TPSA) is 38.8 Å². The van der Waals surface area contributed by atoms with Crippen LogP contribution in [0.4, 0.5) is 0 Å². The number of carbonyl (C=O) groups is 1. The van der Waals surface area contributed by atoms with E-state index < -0.39 is 0 Å². The molecule has 0 unspecified atom stereocenters. The molecule has 0 spiro atoms. The van der Waals surface area contributed by atoms with Crippen LogP contribution in [0.2, 0.25) is 0 Å². The van der Waals surface area contributed by atoms with Gasteiger partial charge < -0.3 is 14.4 Å². The Morgan fingerprint density at radius 3 is 1.60 bits per heavy atom. The molecule has 0 rings (SSSR count). The molecule has 92 valence electrons. The molecule has 15 heavy (non-hydrogen) atoms. The van der Waals surface area contributed by atoms with E-state index in [1.54, 1.807) is 4.90 Å². The van der Waals surface area contributed by atoms with Crippen molar-refractivity contribution in [2.75, 3.05) is 26.3 Å². The molecular formula is C11H25NO3. The summed E-state index contributed by atoms with van der Waals surface area (Å²) in [5, 5.41) is 0. The molecule has 0 aromatic heterocycles. The van der Waals surface area contributed by atoms with Crippen LogP contribution in [0.25, 0.3) is 0 Å². The average molecular weight is 219 g/mol. The quantitative estimate of drug-likeness (QED) is 0.485. The fourth-order valence-electron chi connectivity index (χ4n) is 0.890. The largest absolute Gasteiger partial charge is 0.353 e. The van der Waals surface area contributed by atoms with Crippen molar-refractivity contribution in [3.63, 3.8) is 0 Å². The van der Waals surface area contributed by atoms with Gasteiger partial charge in [0.25, 0.3) is 0 Å². The minimum Gasteiger partial charge on any atom is -0.353 e. The molecule has 0 aliphatic carbocycles. The second-order valence-corrected chi connectivity index (χ2v) is 2.80. The summed E-state index contributed by atoms with van der Waals surface area (Å²) in [5.74, 6) is 0. The monoisotopic (exact) mass is 219 g/mol. The van der Waals surface area contributed by atoms with Crippen molar-refractivity contribution in [2.24, 2.45) is 0 Å². The second-order valence-electron chi connectivity index (χ2n) is 2.80. The van der Waals surface area contributed by atoms with E-state index >= 15 is 0 Å². The molecular weight excluding hydrogens is 194 g/mol. The Kier molecular flexibility index (Phi) is 15.0. The van der Waals surface area contributed by atoms with Gasteiger partial charge in [0.1, 0.15) is 0 Å². The van der Waals surface area contributed by atoms with Crippen LogP contribution < -0.4 is 0 Å². The first-order valence-corrected chi connectivity index (χ1v) is 5.58. The van der Waals surface area contributed by atoms with Crippen molar-refractivity contribution in [3.8, 4) is 0 Å². The smallest absolute Gasteiger partial charge is 0.209 e. The molecule has 0 aromatic carbocycles. The van der Waals surface area contributed by atoms with E-state index in [1.807, 2.05) is 34.6 Å². The zero-order valence-electron chi connectivity index (χ0n) is 10.7. The molecule has 0 heterocycles. The summed E-state index contributed by atoms with van der Waals surface area (Å²) in [7, 11) is 0. The zero-order valence-corrected chi connectivity index (χ0v) is 10.7. The van der Waals surface area contributed by atoms with Crippen LogP contribution >= 0.6 is 0 Å². The first-order chi connectivity index (χ1) is 7.15. The molecule has 4 nitrogen and oxygen atoms in total. The highest BCUT2D eigenvalue weighted by Crippen LogP contribution is 1.90. The SMILES string of the molecule is CCN(C=O)CC.CCOC(C)OCC. The lowest BCUT2D eigenvalue weighted by Crippen LogP contribution is -2.19. The van der Waals surface area contributed by atoms with E-state index in [0.29, 0.717) is 0 Å². The maximum atomic E-state index is 9.89. The minimum atomic E-state index is -0.0370. The molecule has 0 aromatic rings. The third kappa shape index (κ3) is 13.4. The highest BCUT2D eigenvalue weighted by molar-refractivity contribution is 5.46. The van der Waals surface area contributed by atoms with Crippen LogP contribution in [-0.4, -0.2) is 43.9 Å². The fraction of sp³-hybridized carbons (Fsp3) is 0.909. The lowest BCUT2D eigenvalue weighted by molar-refractivity contribution is -0.123. The van der Waals surface area contributed by atoms with Gasteiger partial charge in [-0.3, -0.25) is 4.79 Å². The van der Waals surface area contributed by atoms with Gasteiger partial charge in [0, 0.05) is 26.3 Å². The highest BCUT2D eigenvalue weighted by atomic mass is 16.7. The van der Waals surface area contributed by atoms with Gasteiger partial charge in [-0.2, -0.15) is 0 Å². The first-order valence-electron chi connectivity index (χ1n) is 5.58. The van der Waals surface area contributed by atoms with Gasteiger partial charge in [-0.25, -0.2) is 0 Å². The molecule has 0 aliphatic rings. The zero-order chi connectivity index (χ0) is 12.1. The van der Waals surface area contributed by atoms with E-state index in [-0.39, 0.29) is 6.29 Å². The summed E-state index contributed by atoms with van der Waals surface area (Å²) < 4.78 is 10.1. The second kappa shape index (κ2) is 13.4. The molecule has 0 atom stereocenters. The predicted molar refractivity (Wildman–Crippen MR) is 61.7 cm³/mol. The van der Waals surface area contributed by atoms with Crippen molar-refractivity contribution >= 4 is 6.41 Å². The van der Waals surface area contributed by atoms with Crippen molar-refractivity contribution in [2.45, 2.75) is 40.9 Å². The summed E-state index contributed by atoms with van der Waals surface area (Å²) in [6.45, 7) is 12.8. The minimum absolute atomic E-state index is 0.0370. The van der Waals surface area contributed by atoms with Crippen molar-refractivity contribution < 1.29 is 14.3 Å². The average Bonchev–Trinajstić information content (AvgIpc) is 2.22. The molecule has 0 radical (unpaired) electrons. The van der Waals surface area contributed by atoms with Gasteiger partial charge in [-0.05, 0) is 34.6 Å². The highest BCUT2D eigenvalue weighted by Gasteiger charge is 1.94. The third-order valence-corrected chi connectivity index (χ3v) is 1.76. The van der Waals surface area contributed by atoms with E-state index in [4.69, 9.17) is 9.47 Å². The summed E-state index contributed by atoms with van der Waals surface area (Å²) in [6.07, 6.45) is 0.824. The molecule has 1 amide bonds. The number of rotatable bonds is 7. The number of nitrogens with zero attached hydrogens (tertiary/aromatic N) is 1. The van der Waals surface area contributed by atoms with Crippen LogP contribution in [0.1, 0.15) is 34.6 Å². The normalized spacial score (nSPS) is 9.47. The summed E-state index contributed by atoms with van der Waals surface area (Å²) >= 11 is 0. The molecule has 0 aliphatic heterocycles. The lowest BCUT2D eigenvalue weighted by Gasteiger charge is -2.09. The summed E-state index contributed by atoms with van der Waals surface area (Å²) in [6, 6.07) is 0. The Morgan fingerprint density at radius 2 is 1.47 bits per heavy atom. The van der Waals surface area contributed by atoms with Crippen molar-refractivity contribution in [3.05, 3.63) is 0 Å². The number of amides is 1. The summed E-state index contributed by atoms with van der Waals surface area (Å²) in [4.78, 5) is 11.6. The number of carbonyl (C=O) groups excluding carboxylic acids is 1. The fourth-order valence-corrected chi connectivity index (χ4v) is 0.890. The number of hydrogen-bond acceptors (Lipinski definition) is 3. The Bertz CT molecular complexity index is 121. The van der Waals surface area contributed by atoms with Crippen LogP contribution in [0.5, 0.6) is 0 Å². The Balaban J connectivity index is 0. The number of hydrogen-bond donors (Lipinski definition) is 0. The van der Waals surface area contributed by atoms with Gasteiger partial charge in [0.05, 0.1) is 0 Å². The molecule has 0 N–H and O–H groups in total. The van der Waals surface area contributed by atoms with Gasteiger partial charge >= 0.3 is 0 Å². The van der Waals surface area contributed by atoms with Crippen LogP contribution in [-0.2, 0) is 14.3 Å². The maximum Gasteiger partial charge on any atom is 0.209 e. The van der Waals surface area contributed by atoms with Crippen LogP contribution in [0, 0.1) is 0 Å². The van der Waals surface area contributed by atoms with Gasteiger partial charge in [0.15, 0.2) is 6.29 Å². The molecule has 0 saturated carbocycles. The predicted octanol–water partition coefficient (Wildman–Crippen LogP) is 1.89. The Labute approximate surface area is 93.5 Å². The lowest BCUT2D eigenvalue weighted by atomic mass is 10.6. The Morgan fingerprint density at radius 1 is 1.07 bits per heavy atom. The summed E-state index contributed by atoms with van der Waals surface area (Å²) in [5.41, 5.74) is 0.